The highest BCUT2D eigenvalue weighted by molar-refractivity contribution is 5.59. The van der Waals surface area contributed by atoms with E-state index < -0.39 is 0 Å². The van der Waals surface area contributed by atoms with Crippen LogP contribution in [0.4, 0.5) is 0 Å². The van der Waals surface area contributed by atoms with E-state index in [-0.39, 0.29) is 5.56 Å². The Morgan fingerprint density at radius 3 is 2.64 bits per heavy atom. The van der Waals surface area contributed by atoms with Crippen molar-refractivity contribution < 1.29 is 0 Å². The lowest BCUT2D eigenvalue weighted by Gasteiger charge is -2.11. The van der Waals surface area contributed by atoms with Crippen molar-refractivity contribution in [2.45, 2.75) is 51.6 Å². The minimum absolute atomic E-state index is 0.0978. The fourth-order valence-electron chi connectivity index (χ4n) is 3.02. The fourth-order valence-corrected chi connectivity index (χ4v) is 3.02. The van der Waals surface area contributed by atoms with Crippen LogP contribution in [0.15, 0.2) is 35.1 Å². The van der Waals surface area contributed by atoms with Crippen LogP contribution in [0.3, 0.4) is 0 Å². The minimum atomic E-state index is -0.0978. The second-order valence-electron chi connectivity index (χ2n) is 6.02. The van der Waals surface area contributed by atoms with E-state index in [9.17, 15) is 4.79 Å². The molecule has 22 heavy (non-hydrogen) atoms. The molecule has 3 rings (SSSR count). The molecule has 4 heteroatoms. The van der Waals surface area contributed by atoms with Gasteiger partial charge in [0.05, 0.1) is 5.69 Å². The summed E-state index contributed by atoms with van der Waals surface area (Å²) in [6.45, 7) is 2.75. The second-order valence-corrected chi connectivity index (χ2v) is 6.02. The van der Waals surface area contributed by atoms with E-state index in [1.165, 1.54) is 31.2 Å². The van der Waals surface area contributed by atoms with Crippen LogP contribution < -0.4 is 10.9 Å². The molecular formula is C18H23N3O. The van der Waals surface area contributed by atoms with Crippen molar-refractivity contribution >= 4 is 0 Å². The van der Waals surface area contributed by atoms with Gasteiger partial charge < -0.3 is 5.32 Å². The molecule has 1 saturated carbocycles. The minimum Gasteiger partial charge on any atom is -0.310 e. The number of nitrogens with zero attached hydrogens (tertiary/aromatic N) is 1. The third-order valence-corrected chi connectivity index (χ3v) is 4.47. The molecule has 0 amide bonds. The zero-order valence-electron chi connectivity index (χ0n) is 13.1. The summed E-state index contributed by atoms with van der Waals surface area (Å²) < 4.78 is 0. The van der Waals surface area contributed by atoms with E-state index >= 15 is 0 Å². The van der Waals surface area contributed by atoms with Gasteiger partial charge in [-0.3, -0.25) is 4.79 Å². The maximum absolute atomic E-state index is 11.9. The molecule has 0 bridgehead atoms. The molecular weight excluding hydrogens is 274 g/mol. The van der Waals surface area contributed by atoms with E-state index in [4.69, 9.17) is 0 Å². The normalized spacial score (nSPS) is 15.3. The van der Waals surface area contributed by atoms with Crippen molar-refractivity contribution in [1.29, 1.82) is 0 Å². The molecule has 0 unspecified atom stereocenters. The number of aromatic amines is 1. The number of hydrogen-bond acceptors (Lipinski definition) is 3. The molecule has 4 nitrogen and oxygen atoms in total. The lowest BCUT2D eigenvalue weighted by atomic mass is 10.1. The maximum atomic E-state index is 11.9. The first kappa shape index (κ1) is 15.0. The maximum Gasteiger partial charge on any atom is 0.268 e. The van der Waals surface area contributed by atoms with Crippen LogP contribution in [0.5, 0.6) is 0 Å². The van der Waals surface area contributed by atoms with Gasteiger partial charge in [-0.05, 0) is 30.9 Å². The van der Waals surface area contributed by atoms with Crippen molar-refractivity contribution in [1.82, 2.24) is 15.5 Å². The third-order valence-electron chi connectivity index (χ3n) is 4.47. The molecule has 1 aliphatic rings. The molecule has 1 aliphatic carbocycles. The van der Waals surface area contributed by atoms with Gasteiger partial charge >= 0.3 is 0 Å². The number of aryl methyl sites for hydroxylation is 1. The first-order valence-corrected chi connectivity index (χ1v) is 8.17. The second kappa shape index (κ2) is 6.88. The highest BCUT2D eigenvalue weighted by Gasteiger charge is 2.15. The van der Waals surface area contributed by atoms with Gasteiger partial charge in [0.15, 0.2) is 0 Å². The Balaban J connectivity index is 1.77. The first-order chi connectivity index (χ1) is 10.8. The SMILES string of the molecule is CCc1ccc(-c2cc(CNC3CCCC3)c(=O)[nH]n2)cc1. The number of hydrogen-bond donors (Lipinski definition) is 2. The van der Waals surface area contributed by atoms with Crippen molar-refractivity contribution in [2.75, 3.05) is 0 Å². The predicted octanol–water partition coefficient (Wildman–Crippen LogP) is 3.03. The molecule has 0 radical (unpaired) electrons. The van der Waals surface area contributed by atoms with Gasteiger partial charge in [-0.2, -0.15) is 5.10 Å². The van der Waals surface area contributed by atoms with Gasteiger partial charge in [0, 0.05) is 23.7 Å². The number of nitrogens with one attached hydrogen (secondary N) is 2. The highest BCUT2D eigenvalue weighted by Crippen LogP contribution is 2.19. The van der Waals surface area contributed by atoms with Crippen LogP contribution in [-0.4, -0.2) is 16.2 Å². The molecule has 0 aliphatic heterocycles. The Bertz CT molecular complexity index is 669. The summed E-state index contributed by atoms with van der Waals surface area (Å²) in [4.78, 5) is 11.9. The van der Waals surface area contributed by atoms with Gasteiger partial charge in [0.1, 0.15) is 0 Å². The zero-order chi connectivity index (χ0) is 15.4. The van der Waals surface area contributed by atoms with Gasteiger partial charge in [0.25, 0.3) is 5.56 Å². The lowest BCUT2D eigenvalue weighted by Crippen LogP contribution is -2.29. The Morgan fingerprint density at radius 2 is 1.95 bits per heavy atom. The van der Waals surface area contributed by atoms with Gasteiger partial charge in [-0.25, -0.2) is 5.10 Å². The molecule has 1 heterocycles. The van der Waals surface area contributed by atoms with E-state index in [0.717, 1.165) is 23.2 Å². The molecule has 0 spiro atoms. The number of benzene rings is 1. The van der Waals surface area contributed by atoms with Crippen LogP contribution in [0.25, 0.3) is 11.3 Å². The molecule has 0 atom stereocenters. The number of H-pyrrole nitrogens is 1. The fraction of sp³-hybridized carbons (Fsp3) is 0.444. The molecule has 1 aromatic heterocycles. The summed E-state index contributed by atoms with van der Waals surface area (Å²) in [5.41, 5.74) is 3.83. The number of aromatic nitrogens is 2. The van der Waals surface area contributed by atoms with Crippen molar-refractivity contribution in [2.24, 2.45) is 0 Å². The van der Waals surface area contributed by atoms with E-state index in [2.05, 4.69) is 46.7 Å². The molecule has 1 fully saturated rings. The van der Waals surface area contributed by atoms with Crippen LogP contribution in [-0.2, 0) is 13.0 Å². The monoisotopic (exact) mass is 297 g/mol. The Morgan fingerprint density at radius 1 is 1.23 bits per heavy atom. The number of rotatable bonds is 5. The van der Waals surface area contributed by atoms with Crippen molar-refractivity contribution in [3.63, 3.8) is 0 Å². The standard InChI is InChI=1S/C18H23N3O/c1-2-13-7-9-14(10-8-13)17-11-15(18(22)21-20-17)12-19-16-5-3-4-6-16/h7-11,16,19H,2-6,12H2,1H3,(H,21,22). The molecule has 1 aromatic carbocycles. The van der Waals surface area contributed by atoms with Crippen LogP contribution in [0.2, 0.25) is 0 Å². The largest absolute Gasteiger partial charge is 0.310 e. The Kier molecular flexibility index (Phi) is 4.68. The summed E-state index contributed by atoms with van der Waals surface area (Å²) in [5.74, 6) is 0. The summed E-state index contributed by atoms with van der Waals surface area (Å²) >= 11 is 0. The summed E-state index contributed by atoms with van der Waals surface area (Å²) in [7, 11) is 0. The predicted molar refractivity (Wildman–Crippen MR) is 88.8 cm³/mol. The van der Waals surface area contributed by atoms with E-state index in [0.29, 0.717) is 12.6 Å². The average Bonchev–Trinajstić information content (AvgIpc) is 3.08. The zero-order valence-corrected chi connectivity index (χ0v) is 13.1. The van der Waals surface area contributed by atoms with Crippen molar-refractivity contribution in [3.05, 3.63) is 51.8 Å². The first-order valence-electron chi connectivity index (χ1n) is 8.17. The van der Waals surface area contributed by atoms with Crippen molar-refractivity contribution in [3.8, 4) is 11.3 Å². The summed E-state index contributed by atoms with van der Waals surface area (Å²) in [5, 5.41) is 10.3. The van der Waals surface area contributed by atoms with Gasteiger partial charge in [0.2, 0.25) is 0 Å². The molecule has 2 aromatic rings. The van der Waals surface area contributed by atoms with E-state index in [1.807, 2.05) is 6.07 Å². The smallest absolute Gasteiger partial charge is 0.268 e. The van der Waals surface area contributed by atoms with Gasteiger partial charge in [-0.1, -0.05) is 44.0 Å². The van der Waals surface area contributed by atoms with Crippen LogP contribution in [0, 0.1) is 0 Å². The topological polar surface area (TPSA) is 57.8 Å². The van der Waals surface area contributed by atoms with Crippen LogP contribution >= 0.6 is 0 Å². The highest BCUT2D eigenvalue weighted by atomic mass is 16.1. The summed E-state index contributed by atoms with van der Waals surface area (Å²) in [6.07, 6.45) is 6.04. The Labute approximate surface area is 131 Å². The Hall–Kier alpha value is -1.94. The third kappa shape index (κ3) is 3.45. The molecule has 116 valence electrons. The molecule has 2 N–H and O–H groups in total. The van der Waals surface area contributed by atoms with Gasteiger partial charge in [-0.15, -0.1) is 0 Å². The lowest BCUT2D eigenvalue weighted by molar-refractivity contribution is 0.522. The van der Waals surface area contributed by atoms with Crippen LogP contribution in [0.1, 0.15) is 43.7 Å². The molecule has 0 saturated heterocycles. The quantitative estimate of drug-likeness (QED) is 0.892. The average molecular weight is 297 g/mol. The summed E-state index contributed by atoms with van der Waals surface area (Å²) in [6, 6.07) is 10.8. The van der Waals surface area contributed by atoms with E-state index in [1.54, 1.807) is 0 Å².